The number of aliphatic hydroxyl groups excluding tert-OH is 1. The van der Waals surface area contributed by atoms with Gasteiger partial charge in [-0.05, 0) is 24.1 Å². The normalized spacial score (nSPS) is 18.5. The molecule has 0 bridgehead atoms. The molecule has 0 saturated carbocycles. The Kier molecular flexibility index (Phi) is 4.26. The second-order valence-electron chi connectivity index (χ2n) is 5.30. The first-order valence-electron chi connectivity index (χ1n) is 7.27. The summed E-state index contributed by atoms with van der Waals surface area (Å²) in [6.07, 6.45) is 6.76. The molecule has 2 aromatic rings. The van der Waals surface area contributed by atoms with Gasteiger partial charge in [0.15, 0.2) is 5.82 Å². The van der Waals surface area contributed by atoms with Crippen LogP contribution in [0.1, 0.15) is 17.8 Å². The predicted molar refractivity (Wildman–Crippen MR) is 84.8 cm³/mol. The van der Waals surface area contributed by atoms with Crippen LogP contribution in [0.25, 0.3) is 12.2 Å². The molecule has 1 aromatic carbocycles. The zero-order valence-electron chi connectivity index (χ0n) is 11.9. The molecular formula is C17H19N3O. The van der Waals surface area contributed by atoms with Crippen LogP contribution >= 0.6 is 0 Å². The molecule has 0 spiro atoms. The molecule has 1 N–H and O–H groups in total. The van der Waals surface area contributed by atoms with Gasteiger partial charge in [0.25, 0.3) is 0 Å². The van der Waals surface area contributed by atoms with Crippen molar-refractivity contribution in [3.63, 3.8) is 0 Å². The third kappa shape index (κ3) is 3.47. The maximum Gasteiger partial charge on any atom is 0.154 e. The summed E-state index contributed by atoms with van der Waals surface area (Å²) in [4.78, 5) is 11.1. The maximum atomic E-state index is 9.22. The Bertz CT molecular complexity index is 612. The van der Waals surface area contributed by atoms with Crippen LogP contribution in [-0.2, 0) is 0 Å². The average molecular weight is 281 g/mol. The van der Waals surface area contributed by atoms with Crippen molar-refractivity contribution in [1.29, 1.82) is 0 Å². The number of nitrogens with zero attached hydrogens (tertiary/aromatic N) is 3. The first kappa shape index (κ1) is 13.8. The van der Waals surface area contributed by atoms with Gasteiger partial charge in [0.2, 0.25) is 0 Å². The van der Waals surface area contributed by atoms with E-state index in [0.29, 0.717) is 11.7 Å². The topological polar surface area (TPSA) is 49.2 Å². The Labute approximate surface area is 124 Å². The predicted octanol–water partition coefficient (Wildman–Crippen LogP) is 2.47. The Morgan fingerprint density at radius 2 is 2.05 bits per heavy atom. The molecule has 4 nitrogen and oxygen atoms in total. The highest BCUT2D eigenvalue weighted by Crippen LogP contribution is 2.21. The second kappa shape index (κ2) is 6.50. The largest absolute Gasteiger partial charge is 0.396 e. The zero-order chi connectivity index (χ0) is 14.5. The first-order valence-corrected chi connectivity index (χ1v) is 7.27. The van der Waals surface area contributed by atoms with Gasteiger partial charge in [-0.25, -0.2) is 9.97 Å². The van der Waals surface area contributed by atoms with Crippen LogP contribution in [0, 0.1) is 5.92 Å². The van der Waals surface area contributed by atoms with Crippen LogP contribution in [0.2, 0.25) is 0 Å². The van der Waals surface area contributed by atoms with Crippen molar-refractivity contribution in [3.05, 3.63) is 54.0 Å². The van der Waals surface area contributed by atoms with Crippen molar-refractivity contribution in [2.24, 2.45) is 5.92 Å². The van der Waals surface area contributed by atoms with Crippen LogP contribution in [-0.4, -0.2) is 34.8 Å². The van der Waals surface area contributed by atoms with E-state index in [1.54, 1.807) is 6.20 Å². The van der Waals surface area contributed by atoms with Crippen molar-refractivity contribution in [3.8, 4) is 0 Å². The molecule has 1 atom stereocenters. The molecule has 1 aliphatic rings. The lowest BCUT2D eigenvalue weighted by atomic mass is 10.1. The molecule has 108 valence electrons. The number of aromatic nitrogens is 2. The zero-order valence-corrected chi connectivity index (χ0v) is 11.9. The van der Waals surface area contributed by atoms with Gasteiger partial charge in [-0.15, -0.1) is 0 Å². The van der Waals surface area contributed by atoms with Crippen LogP contribution < -0.4 is 4.90 Å². The van der Waals surface area contributed by atoms with E-state index in [2.05, 4.69) is 14.9 Å². The third-order valence-corrected chi connectivity index (χ3v) is 3.75. The standard InChI is InChI=1S/C17H19N3O/c21-13-15-9-11-20(12-15)17-8-10-18-16(19-17)7-6-14-4-2-1-3-5-14/h1-8,10,15,21H,9,11-13H2/b7-6+/t15-/m1/s1. The number of rotatable bonds is 4. The van der Waals surface area contributed by atoms with Crippen LogP contribution in [0.4, 0.5) is 5.82 Å². The van der Waals surface area contributed by atoms with E-state index in [0.717, 1.165) is 30.9 Å². The fourth-order valence-corrected chi connectivity index (χ4v) is 2.54. The number of hydrogen-bond donors (Lipinski definition) is 1. The molecule has 2 heterocycles. The van der Waals surface area contributed by atoms with E-state index in [1.165, 1.54) is 0 Å². The van der Waals surface area contributed by atoms with Crippen molar-refractivity contribution in [2.75, 3.05) is 24.6 Å². The van der Waals surface area contributed by atoms with Gasteiger partial charge in [-0.1, -0.05) is 36.4 Å². The molecule has 21 heavy (non-hydrogen) atoms. The summed E-state index contributed by atoms with van der Waals surface area (Å²) in [5, 5.41) is 9.22. The summed E-state index contributed by atoms with van der Waals surface area (Å²) in [6.45, 7) is 2.07. The number of hydrogen-bond acceptors (Lipinski definition) is 4. The molecule has 0 aliphatic carbocycles. The summed E-state index contributed by atoms with van der Waals surface area (Å²) >= 11 is 0. The lowest BCUT2D eigenvalue weighted by Gasteiger charge is -2.16. The number of aliphatic hydroxyl groups is 1. The van der Waals surface area contributed by atoms with Crippen LogP contribution in [0.15, 0.2) is 42.6 Å². The fraction of sp³-hybridized carbons (Fsp3) is 0.294. The Morgan fingerprint density at radius 3 is 2.81 bits per heavy atom. The van der Waals surface area contributed by atoms with E-state index >= 15 is 0 Å². The SMILES string of the molecule is OC[C@@H]1CCN(c2ccnc(/C=C/c3ccccc3)n2)C1. The molecule has 1 saturated heterocycles. The van der Waals surface area contributed by atoms with Crippen molar-refractivity contribution < 1.29 is 5.11 Å². The van der Waals surface area contributed by atoms with Crippen molar-refractivity contribution in [1.82, 2.24) is 9.97 Å². The molecule has 1 aromatic heterocycles. The maximum absolute atomic E-state index is 9.22. The summed E-state index contributed by atoms with van der Waals surface area (Å²) in [5.74, 6) is 2.01. The summed E-state index contributed by atoms with van der Waals surface area (Å²) in [5.41, 5.74) is 1.13. The van der Waals surface area contributed by atoms with Gasteiger partial charge in [0.1, 0.15) is 5.82 Å². The van der Waals surface area contributed by atoms with Crippen LogP contribution in [0.5, 0.6) is 0 Å². The van der Waals surface area contributed by atoms with Gasteiger partial charge >= 0.3 is 0 Å². The summed E-state index contributed by atoms with van der Waals surface area (Å²) < 4.78 is 0. The minimum Gasteiger partial charge on any atom is -0.396 e. The average Bonchev–Trinajstić information content (AvgIpc) is 3.03. The molecule has 0 unspecified atom stereocenters. The van der Waals surface area contributed by atoms with Gasteiger partial charge in [0.05, 0.1) is 0 Å². The lowest BCUT2D eigenvalue weighted by Crippen LogP contribution is -2.21. The van der Waals surface area contributed by atoms with Gasteiger partial charge < -0.3 is 10.0 Å². The van der Waals surface area contributed by atoms with Crippen molar-refractivity contribution in [2.45, 2.75) is 6.42 Å². The van der Waals surface area contributed by atoms with Crippen LogP contribution in [0.3, 0.4) is 0 Å². The number of benzene rings is 1. The summed E-state index contributed by atoms with van der Waals surface area (Å²) in [7, 11) is 0. The van der Waals surface area contributed by atoms with Gasteiger partial charge in [0, 0.05) is 31.8 Å². The van der Waals surface area contributed by atoms with Gasteiger partial charge in [-0.2, -0.15) is 0 Å². The molecule has 0 amide bonds. The van der Waals surface area contributed by atoms with E-state index in [4.69, 9.17) is 0 Å². The molecular weight excluding hydrogens is 262 g/mol. The second-order valence-corrected chi connectivity index (χ2v) is 5.30. The Hall–Kier alpha value is -2.20. The highest BCUT2D eigenvalue weighted by atomic mass is 16.3. The summed E-state index contributed by atoms with van der Waals surface area (Å²) in [6, 6.07) is 12.0. The van der Waals surface area contributed by atoms with Gasteiger partial charge in [-0.3, -0.25) is 0 Å². The molecule has 3 rings (SSSR count). The monoisotopic (exact) mass is 281 g/mol. The highest BCUT2D eigenvalue weighted by molar-refractivity contribution is 5.66. The molecule has 1 aliphatic heterocycles. The smallest absolute Gasteiger partial charge is 0.154 e. The van der Waals surface area contributed by atoms with E-state index < -0.39 is 0 Å². The molecule has 1 fully saturated rings. The third-order valence-electron chi connectivity index (χ3n) is 3.75. The Morgan fingerprint density at radius 1 is 1.19 bits per heavy atom. The Balaban J connectivity index is 1.73. The minimum absolute atomic E-state index is 0.252. The minimum atomic E-state index is 0.252. The van der Waals surface area contributed by atoms with E-state index in [-0.39, 0.29) is 6.61 Å². The van der Waals surface area contributed by atoms with Crippen molar-refractivity contribution >= 4 is 18.0 Å². The number of anilines is 1. The molecule has 0 radical (unpaired) electrons. The van der Waals surface area contributed by atoms with E-state index in [9.17, 15) is 5.11 Å². The quantitative estimate of drug-likeness (QED) is 0.935. The lowest BCUT2D eigenvalue weighted by molar-refractivity contribution is 0.238. The fourth-order valence-electron chi connectivity index (χ4n) is 2.54. The van der Waals surface area contributed by atoms with E-state index in [1.807, 2.05) is 48.6 Å². The highest BCUT2D eigenvalue weighted by Gasteiger charge is 2.22. The molecule has 4 heteroatoms. The first-order chi connectivity index (χ1) is 10.3.